The van der Waals surface area contributed by atoms with Crippen molar-refractivity contribution in [3.05, 3.63) is 69.8 Å². The van der Waals surface area contributed by atoms with Crippen molar-refractivity contribution in [2.75, 3.05) is 0 Å². The van der Waals surface area contributed by atoms with E-state index >= 15 is 0 Å². The zero-order chi connectivity index (χ0) is 24.4. The molecule has 1 unspecified atom stereocenters. The highest BCUT2D eigenvalue weighted by Gasteiger charge is 2.48. The Bertz CT molecular complexity index is 1020. The number of hydrogen-bond donors (Lipinski definition) is 1. The molecule has 0 saturated carbocycles. The quantitative estimate of drug-likeness (QED) is 0.309. The molecule has 178 valence electrons. The third-order valence-electron chi connectivity index (χ3n) is 8.31. The molecule has 0 spiro atoms. The summed E-state index contributed by atoms with van der Waals surface area (Å²) in [6.45, 7) is 16.5. The number of unbranched alkanes of at least 4 members (excludes halogenated alkanes) is 4. The van der Waals surface area contributed by atoms with Gasteiger partial charge in [0.1, 0.15) is 0 Å². The Morgan fingerprint density at radius 1 is 0.939 bits per heavy atom. The number of aryl methyl sites for hydroxylation is 1. The Labute approximate surface area is 201 Å². The maximum Gasteiger partial charge on any atom is 0.335 e. The number of benzene rings is 2. The third-order valence-corrected chi connectivity index (χ3v) is 8.31. The Hall–Kier alpha value is -2.35. The van der Waals surface area contributed by atoms with E-state index in [0.717, 1.165) is 12.0 Å². The maximum atomic E-state index is 11.2. The lowest BCUT2D eigenvalue weighted by Gasteiger charge is -2.32. The van der Waals surface area contributed by atoms with E-state index in [4.69, 9.17) is 0 Å². The molecule has 0 saturated heterocycles. The van der Waals surface area contributed by atoms with Crippen molar-refractivity contribution in [1.82, 2.24) is 0 Å². The van der Waals surface area contributed by atoms with Gasteiger partial charge in [0.25, 0.3) is 0 Å². The molecule has 1 aliphatic rings. The summed E-state index contributed by atoms with van der Waals surface area (Å²) in [6.07, 6.45) is 9.73. The lowest BCUT2D eigenvalue weighted by atomic mass is 9.71. The Morgan fingerprint density at radius 2 is 1.52 bits per heavy atom. The molecule has 2 heteroatoms. The van der Waals surface area contributed by atoms with E-state index in [0.29, 0.717) is 11.5 Å². The van der Waals surface area contributed by atoms with Gasteiger partial charge < -0.3 is 5.11 Å². The first-order chi connectivity index (χ1) is 15.5. The van der Waals surface area contributed by atoms with Crippen LogP contribution >= 0.6 is 0 Å². The average Bonchev–Trinajstić information content (AvgIpc) is 2.90. The summed E-state index contributed by atoms with van der Waals surface area (Å²) >= 11 is 0. The average molecular weight is 447 g/mol. The highest BCUT2D eigenvalue weighted by atomic mass is 16.4. The highest BCUT2D eigenvalue weighted by molar-refractivity contribution is 5.88. The predicted octanol–water partition coefficient (Wildman–Crippen LogP) is 8.66. The smallest absolute Gasteiger partial charge is 0.335 e. The summed E-state index contributed by atoms with van der Waals surface area (Å²) in [7, 11) is 0. The van der Waals surface area contributed by atoms with E-state index in [2.05, 4.69) is 66.7 Å². The fourth-order valence-corrected chi connectivity index (χ4v) is 5.62. The van der Waals surface area contributed by atoms with Crippen LogP contribution in [0.5, 0.6) is 0 Å². The second-order valence-corrected chi connectivity index (χ2v) is 11.1. The van der Waals surface area contributed by atoms with E-state index in [1.54, 1.807) is 12.1 Å². The van der Waals surface area contributed by atoms with Crippen molar-refractivity contribution in [2.45, 2.75) is 97.8 Å². The van der Waals surface area contributed by atoms with Crippen molar-refractivity contribution in [2.24, 2.45) is 5.92 Å². The summed E-state index contributed by atoms with van der Waals surface area (Å²) < 4.78 is 0. The van der Waals surface area contributed by atoms with E-state index in [1.165, 1.54) is 59.9 Å². The zero-order valence-corrected chi connectivity index (χ0v) is 21.7. The Balaban J connectivity index is 2.02. The maximum absolute atomic E-state index is 11.2. The van der Waals surface area contributed by atoms with Crippen molar-refractivity contribution in [3.8, 4) is 0 Å². The molecule has 0 aromatic heterocycles. The van der Waals surface area contributed by atoms with Crippen LogP contribution in [0.4, 0.5) is 0 Å². The molecule has 33 heavy (non-hydrogen) atoms. The second kappa shape index (κ2) is 9.87. The molecule has 2 nitrogen and oxygen atoms in total. The molecule has 0 aliphatic heterocycles. The van der Waals surface area contributed by atoms with E-state index in [9.17, 15) is 9.90 Å². The minimum absolute atomic E-state index is 0.136. The number of carboxylic acid groups (broad SMARTS) is 1. The number of allylic oxidation sites excluding steroid dienone is 1. The van der Waals surface area contributed by atoms with Gasteiger partial charge in [0.2, 0.25) is 0 Å². The van der Waals surface area contributed by atoms with Gasteiger partial charge in [-0.1, -0.05) is 97.6 Å². The summed E-state index contributed by atoms with van der Waals surface area (Å²) in [4.78, 5) is 11.2. The lowest BCUT2D eigenvalue weighted by molar-refractivity contribution is 0.0697. The first-order valence-corrected chi connectivity index (χ1v) is 12.7. The van der Waals surface area contributed by atoms with Crippen LogP contribution in [-0.2, 0) is 17.3 Å². The first kappa shape index (κ1) is 25.3. The number of rotatable bonds is 9. The van der Waals surface area contributed by atoms with Gasteiger partial charge in [-0.25, -0.2) is 4.79 Å². The van der Waals surface area contributed by atoms with E-state index < -0.39 is 5.97 Å². The molecule has 3 rings (SSSR count). The standard InChI is InChI=1S/C31H42O2/c1-8-9-10-11-12-13-25-19-27-28(31(6,7)22(3)30(27,4)5)20-26(25)21(2)18-23-14-16-24(17-15-23)29(32)33/h14-20,22H,8-13H2,1-7H3,(H,32,33). The number of aromatic carboxylic acids is 1. The second-order valence-electron chi connectivity index (χ2n) is 11.1. The minimum atomic E-state index is -0.884. The van der Waals surface area contributed by atoms with Crippen molar-refractivity contribution in [3.63, 3.8) is 0 Å². The van der Waals surface area contributed by atoms with Crippen LogP contribution in [0.3, 0.4) is 0 Å². The van der Waals surface area contributed by atoms with Gasteiger partial charge in [-0.2, -0.15) is 0 Å². The molecule has 2 aromatic carbocycles. The third kappa shape index (κ3) is 5.10. The zero-order valence-electron chi connectivity index (χ0n) is 21.7. The van der Waals surface area contributed by atoms with E-state index in [1.807, 2.05) is 12.1 Å². The molecule has 0 amide bonds. The summed E-state index contributed by atoms with van der Waals surface area (Å²) in [5.74, 6) is -0.314. The Morgan fingerprint density at radius 3 is 2.09 bits per heavy atom. The first-order valence-electron chi connectivity index (χ1n) is 12.7. The van der Waals surface area contributed by atoms with E-state index in [-0.39, 0.29) is 10.8 Å². The molecule has 1 atom stereocenters. The monoisotopic (exact) mass is 446 g/mol. The summed E-state index contributed by atoms with van der Waals surface area (Å²) in [5, 5.41) is 9.20. The lowest BCUT2D eigenvalue weighted by Crippen LogP contribution is -2.30. The van der Waals surface area contributed by atoms with Gasteiger partial charge in [0.15, 0.2) is 0 Å². The Kier molecular flexibility index (Phi) is 7.56. The topological polar surface area (TPSA) is 37.3 Å². The van der Waals surface area contributed by atoms with Gasteiger partial charge in [-0.15, -0.1) is 0 Å². The number of carboxylic acids is 1. The van der Waals surface area contributed by atoms with Crippen LogP contribution in [0.25, 0.3) is 11.6 Å². The number of carbonyl (C=O) groups is 1. The van der Waals surface area contributed by atoms with Crippen LogP contribution in [0.2, 0.25) is 0 Å². The van der Waals surface area contributed by atoms with Crippen LogP contribution in [-0.4, -0.2) is 11.1 Å². The summed E-state index contributed by atoms with van der Waals surface area (Å²) in [5.41, 5.74) is 8.73. The predicted molar refractivity (Wildman–Crippen MR) is 141 cm³/mol. The molecule has 0 radical (unpaired) electrons. The highest BCUT2D eigenvalue weighted by Crippen LogP contribution is 2.54. The molecular formula is C31H42O2. The van der Waals surface area contributed by atoms with Gasteiger partial charge in [-0.05, 0) is 82.0 Å². The SMILES string of the molecule is CCCCCCCc1cc2c(cc1C(C)=Cc1ccc(C(=O)O)cc1)C(C)(C)C(C)C2(C)C. The van der Waals surface area contributed by atoms with Crippen molar-refractivity contribution >= 4 is 17.6 Å². The van der Waals surface area contributed by atoms with Crippen LogP contribution in [0.1, 0.15) is 119 Å². The molecule has 0 bridgehead atoms. The molecule has 0 fully saturated rings. The fraction of sp³-hybridized carbons (Fsp3) is 0.516. The minimum Gasteiger partial charge on any atom is -0.478 e. The van der Waals surface area contributed by atoms with Gasteiger partial charge in [0.05, 0.1) is 5.56 Å². The van der Waals surface area contributed by atoms with Gasteiger partial charge in [0, 0.05) is 0 Å². The normalized spacial score (nSPS) is 18.9. The van der Waals surface area contributed by atoms with Crippen molar-refractivity contribution < 1.29 is 9.90 Å². The number of hydrogen-bond acceptors (Lipinski definition) is 1. The molecule has 0 heterocycles. The van der Waals surface area contributed by atoms with Crippen LogP contribution in [0.15, 0.2) is 36.4 Å². The van der Waals surface area contributed by atoms with Gasteiger partial charge in [-0.3, -0.25) is 0 Å². The molecule has 2 aromatic rings. The van der Waals surface area contributed by atoms with Crippen LogP contribution < -0.4 is 0 Å². The molecular weight excluding hydrogens is 404 g/mol. The largest absolute Gasteiger partial charge is 0.478 e. The fourth-order valence-electron chi connectivity index (χ4n) is 5.62. The molecule has 1 aliphatic carbocycles. The summed E-state index contributed by atoms with van der Waals surface area (Å²) in [6, 6.07) is 12.2. The van der Waals surface area contributed by atoms with Gasteiger partial charge >= 0.3 is 5.97 Å². The molecule has 1 N–H and O–H groups in total. The van der Waals surface area contributed by atoms with Crippen LogP contribution in [0, 0.1) is 5.92 Å². The van der Waals surface area contributed by atoms with Crippen molar-refractivity contribution in [1.29, 1.82) is 0 Å². The number of fused-ring (bicyclic) bond motifs is 1.